The van der Waals surface area contributed by atoms with Crippen molar-refractivity contribution in [3.05, 3.63) is 70.7 Å². The predicted molar refractivity (Wildman–Crippen MR) is 167 cm³/mol. The number of primary amides is 1. The molecule has 2 fully saturated rings. The van der Waals surface area contributed by atoms with E-state index in [1.54, 1.807) is 12.4 Å². The first kappa shape index (κ1) is 33.7. The Morgan fingerprint density at radius 3 is 2.07 bits per heavy atom. The molecule has 1 aromatic carbocycles. The summed E-state index contributed by atoms with van der Waals surface area (Å²) in [5.74, 6) is 0.101. The standard InChI is InChI=1S/C25H32N4O.C7H14O.CH3NO/c1-6-24(4)14-25(5,15-24)23(30)29-22(27)18-8-7-17(3)19(12-18)20(13-26)21-11-16(2)9-10-28-21;1-3-7(4-2)5-8-6-7;2-1-3/h7-13H,6,14-15,26H2,1-5H3,(H2,27,29,30);3-6H2,1-2H3;1H,(H2,2,3)/b20-13-;;. The van der Waals surface area contributed by atoms with E-state index < -0.39 is 5.41 Å². The summed E-state index contributed by atoms with van der Waals surface area (Å²) in [5.41, 5.74) is 22.2. The summed E-state index contributed by atoms with van der Waals surface area (Å²) in [6.07, 6.45) is 8.91. The van der Waals surface area contributed by atoms with Crippen LogP contribution < -0.4 is 17.2 Å². The van der Waals surface area contributed by atoms with E-state index in [4.69, 9.17) is 21.0 Å². The first-order valence-electron chi connectivity index (χ1n) is 14.4. The smallest absolute Gasteiger partial charge is 0.253 e. The van der Waals surface area contributed by atoms with E-state index in [-0.39, 0.29) is 23.6 Å². The van der Waals surface area contributed by atoms with Crippen LogP contribution in [0.4, 0.5) is 0 Å². The summed E-state index contributed by atoms with van der Waals surface area (Å²) in [5, 5.41) is 0. The van der Waals surface area contributed by atoms with Crippen molar-refractivity contribution in [1.82, 2.24) is 4.98 Å². The number of nitrogens with zero attached hydrogens (tertiary/aromatic N) is 2. The summed E-state index contributed by atoms with van der Waals surface area (Å²) in [7, 11) is 0. The lowest BCUT2D eigenvalue weighted by atomic mass is 9.53. The van der Waals surface area contributed by atoms with Crippen LogP contribution in [-0.4, -0.2) is 36.4 Å². The van der Waals surface area contributed by atoms with E-state index in [0.717, 1.165) is 60.4 Å². The van der Waals surface area contributed by atoms with Crippen LogP contribution >= 0.6 is 0 Å². The quantitative estimate of drug-likeness (QED) is 0.233. The summed E-state index contributed by atoms with van der Waals surface area (Å²) in [6.45, 7) is 16.9. The zero-order chi connectivity index (χ0) is 30.8. The van der Waals surface area contributed by atoms with Gasteiger partial charge in [-0.15, -0.1) is 0 Å². The van der Waals surface area contributed by atoms with Gasteiger partial charge in [0, 0.05) is 34.4 Å². The highest BCUT2D eigenvalue weighted by Crippen LogP contribution is 2.56. The van der Waals surface area contributed by atoms with Crippen molar-refractivity contribution in [3.63, 3.8) is 0 Å². The van der Waals surface area contributed by atoms with Gasteiger partial charge in [0.25, 0.3) is 5.91 Å². The molecule has 1 aliphatic heterocycles. The molecule has 2 aromatic rings. The van der Waals surface area contributed by atoms with Gasteiger partial charge < -0.3 is 21.9 Å². The molecular weight excluding hydrogens is 514 g/mol. The van der Waals surface area contributed by atoms with Crippen molar-refractivity contribution in [2.45, 2.75) is 80.6 Å². The number of nitrogens with two attached hydrogens (primary N) is 3. The second-order valence-electron chi connectivity index (χ2n) is 12.0. The van der Waals surface area contributed by atoms with E-state index >= 15 is 0 Å². The molecule has 0 unspecified atom stereocenters. The molecule has 0 atom stereocenters. The van der Waals surface area contributed by atoms with E-state index in [1.165, 1.54) is 12.8 Å². The Morgan fingerprint density at radius 1 is 1.02 bits per heavy atom. The predicted octanol–water partition coefficient (Wildman–Crippen LogP) is 5.42. The van der Waals surface area contributed by atoms with Crippen LogP contribution in [-0.2, 0) is 14.3 Å². The van der Waals surface area contributed by atoms with Crippen LogP contribution in [0.3, 0.4) is 0 Å². The zero-order valence-corrected chi connectivity index (χ0v) is 25.9. The number of pyridine rings is 1. The fourth-order valence-corrected chi connectivity index (χ4v) is 5.66. The summed E-state index contributed by atoms with van der Waals surface area (Å²) in [6, 6.07) is 9.73. The van der Waals surface area contributed by atoms with Crippen molar-refractivity contribution in [2.24, 2.45) is 38.4 Å². The number of carbonyl (C=O) groups excluding carboxylic acids is 2. The number of ether oxygens (including phenoxy) is 1. The maximum absolute atomic E-state index is 12.8. The van der Waals surface area contributed by atoms with Crippen molar-refractivity contribution in [3.8, 4) is 0 Å². The Morgan fingerprint density at radius 2 is 1.63 bits per heavy atom. The Hall–Kier alpha value is -3.52. The Labute approximate surface area is 245 Å². The van der Waals surface area contributed by atoms with E-state index in [2.05, 4.69) is 43.4 Å². The molecule has 0 spiro atoms. The van der Waals surface area contributed by atoms with Crippen molar-refractivity contribution in [2.75, 3.05) is 13.2 Å². The lowest BCUT2D eigenvalue weighted by Gasteiger charge is -2.50. The van der Waals surface area contributed by atoms with Gasteiger partial charge in [-0.05, 0) is 79.8 Å². The molecule has 2 amide bonds. The third-order valence-corrected chi connectivity index (χ3v) is 8.72. The van der Waals surface area contributed by atoms with Gasteiger partial charge in [-0.25, -0.2) is 0 Å². The number of hydrogen-bond donors (Lipinski definition) is 3. The average molecular weight is 564 g/mol. The molecule has 1 saturated carbocycles. The van der Waals surface area contributed by atoms with Crippen LogP contribution in [0, 0.1) is 30.1 Å². The summed E-state index contributed by atoms with van der Waals surface area (Å²) >= 11 is 0. The van der Waals surface area contributed by atoms with Gasteiger partial charge in [0.15, 0.2) is 0 Å². The molecule has 8 heteroatoms. The van der Waals surface area contributed by atoms with Gasteiger partial charge in [-0.2, -0.15) is 4.99 Å². The van der Waals surface area contributed by atoms with Crippen LogP contribution in [0.1, 0.15) is 94.7 Å². The number of aromatic nitrogens is 1. The maximum atomic E-state index is 12.8. The van der Waals surface area contributed by atoms with Gasteiger partial charge in [0.05, 0.1) is 18.9 Å². The number of carbonyl (C=O) groups is 2. The van der Waals surface area contributed by atoms with Crippen molar-refractivity contribution < 1.29 is 14.3 Å². The highest BCUT2D eigenvalue weighted by Gasteiger charge is 2.52. The second kappa shape index (κ2) is 14.4. The average Bonchev–Trinajstić information content (AvgIpc) is 2.90. The molecule has 0 radical (unpaired) electrons. The number of aryl methyl sites for hydroxylation is 2. The Kier molecular flexibility index (Phi) is 11.8. The number of amides is 2. The highest BCUT2D eigenvalue weighted by molar-refractivity contribution is 6.06. The molecule has 41 heavy (non-hydrogen) atoms. The first-order valence-corrected chi connectivity index (χ1v) is 14.4. The largest absolute Gasteiger partial charge is 0.404 e. The number of amidine groups is 1. The normalized spacial score (nSPS) is 23.0. The van der Waals surface area contributed by atoms with Crippen molar-refractivity contribution in [1.29, 1.82) is 0 Å². The molecule has 6 N–H and O–H groups in total. The number of hydrogen-bond acceptors (Lipinski definition) is 5. The summed E-state index contributed by atoms with van der Waals surface area (Å²) in [4.78, 5) is 30.1. The van der Waals surface area contributed by atoms with E-state index in [0.29, 0.717) is 11.0 Å². The third-order valence-electron chi connectivity index (χ3n) is 8.72. The molecule has 1 saturated heterocycles. The number of aliphatic imine (C=N–C) groups is 1. The molecule has 1 aromatic heterocycles. The topological polar surface area (TPSA) is 147 Å². The molecule has 224 valence electrons. The molecular formula is C33H49N5O3. The first-order chi connectivity index (χ1) is 19.3. The zero-order valence-electron chi connectivity index (χ0n) is 25.9. The van der Waals surface area contributed by atoms with Gasteiger partial charge in [0.2, 0.25) is 6.41 Å². The Balaban J connectivity index is 0.000000449. The van der Waals surface area contributed by atoms with Gasteiger partial charge >= 0.3 is 0 Å². The SMILES string of the molecule is CCC1(C)CC(C)(C(=O)N=C(N)c2ccc(C)c(/C(=C/N)c3cc(C)ccn3)c2)C1.CCC1(CC)COC1.NC=O. The minimum atomic E-state index is -0.420. The molecule has 8 nitrogen and oxygen atoms in total. The van der Waals surface area contributed by atoms with Crippen molar-refractivity contribution >= 4 is 23.7 Å². The lowest BCUT2D eigenvalue weighted by molar-refractivity contribution is -0.139. The van der Waals surface area contributed by atoms with E-state index in [9.17, 15) is 4.79 Å². The Bertz CT molecular complexity index is 1240. The third kappa shape index (κ3) is 8.26. The fourth-order valence-electron chi connectivity index (χ4n) is 5.66. The number of benzene rings is 1. The van der Waals surface area contributed by atoms with Crippen LogP contribution in [0.25, 0.3) is 5.57 Å². The molecule has 2 aliphatic rings. The summed E-state index contributed by atoms with van der Waals surface area (Å²) < 4.78 is 5.12. The molecule has 4 rings (SSSR count). The minimum absolute atomic E-state index is 0.136. The monoisotopic (exact) mass is 563 g/mol. The number of rotatable bonds is 7. The van der Waals surface area contributed by atoms with Crippen LogP contribution in [0.5, 0.6) is 0 Å². The van der Waals surface area contributed by atoms with Gasteiger partial charge in [-0.1, -0.05) is 53.2 Å². The van der Waals surface area contributed by atoms with Crippen LogP contribution in [0.2, 0.25) is 0 Å². The van der Waals surface area contributed by atoms with E-state index in [1.807, 2.05) is 51.1 Å². The molecule has 1 aliphatic carbocycles. The van der Waals surface area contributed by atoms with Crippen LogP contribution in [0.15, 0.2) is 47.7 Å². The lowest BCUT2D eigenvalue weighted by Crippen LogP contribution is -2.47. The highest BCUT2D eigenvalue weighted by atomic mass is 16.5. The van der Waals surface area contributed by atoms with Gasteiger partial charge in [0.1, 0.15) is 5.84 Å². The minimum Gasteiger partial charge on any atom is -0.404 e. The van der Waals surface area contributed by atoms with Gasteiger partial charge in [-0.3, -0.25) is 14.6 Å². The second-order valence-corrected chi connectivity index (χ2v) is 12.0. The molecule has 0 bridgehead atoms. The maximum Gasteiger partial charge on any atom is 0.253 e. The fraction of sp³-hybridized carbons (Fsp3) is 0.515. The molecule has 2 heterocycles.